The maximum absolute atomic E-state index is 5.10. The van der Waals surface area contributed by atoms with E-state index < -0.39 is 0 Å². The van der Waals surface area contributed by atoms with Crippen LogP contribution in [0.15, 0.2) is 43.2 Å². The van der Waals surface area contributed by atoms with Gasteiger partial charge in [0.1, 0.15) is 0 Å². The average molecular weight is 549 g/mol. The van der Waals surface area contributed by atoms with E-state index >= 15 is 0 Å². The highest BCUT2D eigenvalue weighted by Crippen LogP contribution is 2.04. The number of aryl methyl sites for hydroxylation is 2. The lowest BCUT2D eigenvalue weighted by Gasteiger charge is -2.21. The van der Waals surface area contributed by atoms with Crippen molar-refractivity contribution in [1.82, 2.24) is 39.0 Å². The van der Waals surface area contributed by atoms with E-state index in [0.29, 0.717) is 0 Å². The molecule has 9 nitrogen and oxygen atoms in total. The van der Waals surface area contributed by atoms with Gasteiger partial charge in [0.05, 0.1) is 19.5 Å². The van der Waals surface area contributed by atoms with Crippen molar-refractivity contribution in [3.8, 4) is 0 Å². The predicted molar refractivity (Wildman–Crippen MR) is 165 cm³/mol. The van der Waals surface area contributed by atoms with E-state index in [1.807, 2.05) is 54.0 Å². The average Bonchev–Trinajstić information content (AvgIpc) is 3.73. The van der Waals surface area contributed by atoms with Crippen LogP contribution in [0.2, 0.25) is 0 Å². The molecule has 6 heterocycles. The molecule has 0 atom stereocenters. The van der Waals surface area contributed by atoms with Crippen molar-refractivity contribution in [3.63, 3.8) is 0 Å². The number of morpholine rings is 1. The summed E-state index contributed by atoms with van der Waals surface area (Å²) in [4.78, 5) is 13.1. The van der Waals surface area contributed by atoms with Crippen molar-refractivity contribution in [3.05, 3.63) is 43.2 Å². The number of hydrogen-bond acceptors (Lipinski definition) is 7. The molecular weight excluding hydrogens is 488 g/mol. The van der Waals surface area contributed by atoms with Crippen LogP contribution >= 0.6 is 0 Å². The van der Waals surface area contributed by atoms with Crippen LogP contribution in [0.4, 0.5) is 0 Å². The maximum atomic E-state index is 5.10. The maximum Gasteiger partial charge on any atom is 0.0943 e. The summed E-state index contributed by atoms with van der Waals surface area (Å²) in [5.41, 5.74) is 0. The third-order valence-corrected chi connectivity index (χ3v) is 6.87. The molecule has 0 bridgehead atoms. The smallest absolute Gasteiger partial charge is 0.0943 e. The molecule has 0 saturated carbocycles. The minimum Gasteiger partial charge on any atom is -0.379 e. The van der Waals surface area contributed by atoms with Gasteiger partial charge in [0.15, 0.2) is 0 Å². The molecule has 0 aliphatic carbocycles. The molecule has 6 rings (SSSR count). The molecule has 4 fully saturated rings. The number of likely N-dealkylation sites (N-methyl/N-ethyl adjacent to an activating group) is 2. The van der Waals surface area contributed by atoms with Gasteiger partial charge in [-0.15, -0.1) is 0 Å². The van der Waals surface area contributed by atoms with E-state index in [0.717, 1.165) is 39.4 Å². The Bertz CT molecular complexity index is 646. The molecule has 4 aliphatic heterocycles. The highest BCUT2D eigenvalue weighted by atomic mass is 16.5. The molecule has 9 heteroatoms. The quantitative estimate of drug-likeness (QED) is 0.543. The van der Waals surface area contributed by atoms with Gasteiger partial charge in [-0.2, -0.15) is 0 Å². The number of imidazole rings is 1. The van der Waals surface area contributed by atoms with Gasteiger partial charge < -0.3 is 38.8 Å². The summed E-state index contributed by atoms with van der Waals surface area (Å²) in [6, 6.07) is 4.00. The Balaban J connectivity index is 0.000000234. The molecule has 2 aromatic heterocycles. The lowest BCUT2D eigenvalue weighted by Crippen LogP contribution is -2.40. The summed E-state index contributed by atoms with van der Waals surface area (Å²) in [7, 11) is 12.6. The van der Waals surface area contributed by atoms with Crippen LogP contribution in [0, 0.1) is 0 Å². The van der Waals surface area contributed by atoms with E-state index in [1.54, 1.807) is 12.5 Å². The number of ether oxygens (including phenoxy) is 1. The highest BCUT2D eigenvalue weighted by molar-refractivity contribution is 4.88. The zero-order valence-corrected chi connectivity index (χ0v) is 26.1. The lowest BCUT2D eigenvalue weighted by atomic mass is 10.1. The number of nitrogens with one attached hydrogen (secondary N) is 1. The van der Waals surface area contributed by atoms with E-state index in [4.69, 9.17) is 4.74 Å². The zero-order valence-electron chi connectivity index (χ0n) is 26.1. The van der Waals surface area contributed by atoms with E-state index in [2.05, 4.69) is 58.1 Å². The summed E-state index contributed by atoms with van der Waals surface area (Å²) < 4.78 is 8.99. The van der Waals surface area contributed by atoms with Crippen molar-refractivity contribution >= 4 is 0 Å². The fourth-order valence-corrected chi connectivity index (χ4v) is 4.10. The number of aromatic nitrogens is 3. The Morgan fingerprint density at radius 2 is 1.00 bits per heavy atom. The third kappa shape index (κ3) is 22.7. The number of hydrogen-bond donors (Lipinski definition) is 1. The standard InChI is InChI=1S/C6H13N.C5H12N2.C5H11NO.C5H11N.C5H7N.C4H6N2/c1-7-5-3-2-4-6-7;1-7-4-2-6-3-5-7;1-6-2-4-7-5-3-6;2*1-6-4-2-3-5-6;1-6-3-2-5-4-6/h2-6H2,1H3;6H,2-5H2,1H3;2-5H2,1H3;2-5H2,1H3;2-5H,1H3;2-4H,1H3. The summed E-state index contributed by atoms with van der Waals surface area (Å²) in [6.45, 7) is 14.0. The van der Waals surface area contributed by atoms with Crippen molar-refractivity contribution < 1.29 is 4.74 Å². The SMILES string of the molecule is CN1CCCC1.CN1CCCCC1.CN1CCNCC1.CN1CCOCC1.Cn1cccc1.Cn1ccnc1. The van der Waals surface area contributed by atoms with Gasteiger partial charge in [0.25, 0.3) is 0 Å². The van der Waals surface area contributed by atoms with Gasteiger partial charge in [-0.1, -0.05) is 6.42 Å². The van der Waals surface area contributed by atoms with Crippen molar-refractivity contribution in [1.29, 1.82) is 0 Å². The monoisotopic (exact) mass is 548 g/mol. The fraction of sp³-hybridized carbons (Fsp3) is 0.767. The van der Waals surface area contributed by atoms with Crippen LogP contribution < -0.4 is 5.32 Å². The largest absolute Gasteiger partial charge is 0.379 e. The van der Waals surface area contributed by atoms with Crippen LogP contribution in [-0.2, 0) is 18.8 Å². The number of piperidine rings is 1. The molecule has 2 aromatic rings. The topological polar surface area (TPSA) is 57.0 Å². The van der Waals surface area contributed by atoms with Crippen molar-refractivity contribution in [2.45, 2.75) is 32.1 Å². The van der Waals surface area contributed by atoms with Gasteiger partial charge >= 0.3 is 0 Å². The lowest BCUT2D eigenvalue weighted by molar-refractivity contribution is 0.0503. The number of piperazine rings is 1. The minimum atomic E-state index is 0.913. The summed E-state index contributed by atoms with van der Waals surface area (Å²) in [6.07, 6.45) is 16.5. The van der Waals surface area contributed by atoms with Gasteiger partial charge in [-0.25, -0.2) is 4.98 Å². The van der Waals surface area contributed by atoms with Crippen LogP contribution in [0.3, 0.4) is 0 Å². The summed E-state index contributed by atoms with van der Waals surface area (Å²) in [5, 5.41) is 3.27. The predicted octanol–water partition coefficient (Wildman–Crippen LogP) is 2.73. The van der Waals surface area contributed by atoms with Gasteiger partial charge in [-0.3, -0.25) is 0 Å². The van der Waals surface area contributed by atoms with E-state index in [-0.39, 0.29) is 0 Å². The Kier molecular flexibility index (Phi) is 21.8. The summed E-state index contributed by atoms with van der Waals surface area (Å²) >= 11 is 0. The first kappa shape index (κ1) is 35.3. The fourth-order valence-electron chi connectivity index (χ4n) is 4.10. The van der Waals surface area contributed by atoms with Crippen LogP contribution in [0.5, 0.6) is 0 Å². The molecular formula is C30H60N8O. The van der Waals surface area contributed by atoms with Gasteiger partial charge in [0, 0.05) is 78.2 Å². The van der Waals surface area contributed by atoms with Crippen LogP contribution in [-0.4, -0.2) is 141 Å². The van der Waals surface area contributed by atoms with E-state index in [9.17, 15) is 0 Å². The Labute approximate surface area is 240 Å². The second-order valence-electron chi connectivity index (χ2n) is 10.9. The molecule has 0 spiro atoms. The normalized spacial score (nSPS) is 20.3. The van der Waals surface area contributed by atoms with Crippen LogP contribution in [0.25, 0.3) is 0 Å². The molecule has 0 radical (unpaired) electrons. The molecule has 1 N–H and O–H groups in total. The first-order chi connectivity index (χ1) is 18.9. The second-order valence-corrected chi connectivity index (χ2v) is 10.9. The Morgan fingerprint density at radius 1 is 0.538 bits per heavy atom. The van der Waals surface area contributed by atoms with Crippen molar-refractivity contribution in [2.75, 3.05) is 107 Å². The molecule has 0 amide bonds. The van der Waals surface area contributed by atoms with Crippen molar-refractivity contribution in [2.24, 2.45) is 14.1 Å². The van der Waals surface area contributed by atoms with E-state index in [1.165, 1.54) is 71.4 Å². The molecule has 0 unspecified atom stereocenters. The summed E-state index contributed by atoms with van der Waals surface area (Å²) in [5.74, 6) is 0. The first-order valence-electron chi connectivity index (χ1n) is 14.9. The molecule has 4 saturated heterocycles. The second kappa shape index (κ2) is 24.1. The Hall–Kier alpha value is -1.75. The third-order valence-electron chi connectivity index (χ3n) is 6.87. The number of nitrogens with zero attached hydrogens (tertiary/aromatic N) is 7. The Morgan fingerprint density at radius 3 is 1.21 bits per heavy atom. The first-order valence-corrected chi connectivity index (χ1v) is 14.9. The molecule has 39 heavy (non-hydrogen) atoms. The van der Waals surface area contributed by atoms with Gasteiger partial charge in [-0.05, 0) is 92.2 Å². The number of likely N-dealkylation sites (tertiary alicyclic amines) is 2. The molecule has 226 valence electrons. The van der Waals surface area contributed by atoms with Gasteiger partial charge in [0.2, 0.25) is 0 Å². The molecule has 4 aliphatic rings. The zero-order chi connectivity index (χ0) is 28.6. The number of rotatable bonds is 0. The van der Waals surface area contributed by atoms with Crippen LogP contribution in [0.1, 0.15) is 32.1 Å². The molecule has 0 aromatic carbocycles. The minimum absolute atomic E-state index is 0.913. The highest BCUT2D eigenvalue weighted by Gasteiger charge is 2.04.